The Kier molecular flexibility index (Phi) is 5.84. The SMILES string of the molecule is Cc1c(I)c(C)c(OC(=O)C2(C)COC(=O)OC2)c(I)c1I. The van der Waals surface area contributed by atoms with E-state index in [1.165, 1.54) is 5.56 Å². The molecule has 1 aliphatic heterocycles. The van der Waals surface area contributed by atoms with E-state index < -0.39 is 17.5 Å². The monoisotopic (exact) mass is 642 g/mol. The summed E-state index contributed by atoms with van der Waals surface area (Å²) in [6.07, 6.45) is -0.754. The van der Waals surface area contributed by atoms with Gasteiger partial charge in [0.1, 0.15) is 24.4 Å². The van der Waals surface area contributed by atoms with Crippen LogP contribution in [0.3, 0.4) is 0 Å². The summed E-state index contributed by atoms with van der Waals surface area (Å²) in [5.41, 5.74) is 1.10. The van der Waals surface area contributed by atoms with Crippen LogP contribution in [0.1, 0.15) is 18.1 Å². The topological polar surface area (TPSA) is 61.8 Å². The molecule has 1 aromatic carbocycles. The number of carbonyl (C=O) groups excluding carboxylic acids is 2. The average molecular weight is 642 g/mol. The van der Waals surface area contributed by atoms with Crippen molar-refractivity contribution in [3.05, 3.63) is 21.8 Å². The lowest BCUT2D eigenvalue weighted by Gasteiger charge is -2.30. The van der Waals surface area contributed by atoms with E-state index >= 15 is 0 Å². The van der Waals surface area contributed by atoms with Crippen molar-refractivity contribution in [3.8, 4) is 5.75 Å². The van der Waals surface area contributed by atoms with Gasteiger partial charge in [-0.2, -0.15) is 0 Å². The lowest BCUT2D eigenvalue weighted by molar-refractivity contribution is -0.156. The molecule has 1 fully saturated rings. The number of ether oxygens (including phenoxy) is 3. The highest BCUT2D eigenvalue weighted by atomic mass is 127. The van der Waals surface area contributed by atoms with Crippen LogP contribution in [0.15, 0.2) is 0 Å². The molecule has 22 heavy (non-hydrogen) atoms. The van der Waals surface area contributed by atoms with Gasteiger partial charge in [0.15, 0.2) is 0 Å². The quantitative estimate of drug-likeness (QED) is 0.210. The average Bonchev–Trinajstić information content (AvgIpc) is 2.50. The molecule has 0 spiro atoms. The molecule has 0 radical (unpaired) electrons. The van der Waals surface area contributed by atoms with Gasteiger partial charge in [0.2, 0.25) is 0 Å². The number of cyclic esters (lactones) is 2. The number of benzene rings is 1. The summed E-state index contributed by atoms with van der Waals surface area (Å²) in [6.45, 7) is 5.55. The summed E-state index contributed by atoms with van der Waals surface area (Å²) < 4.78 is 18.3. The molecule has 0 aromatic heterocycles. The summed E-state index contributed by atoms with van der Waals surface area (Å²) in [6, 6.07) is 0. The summed E-state index contributed by atoms with van der Waals surface area (Å²) in [5, 5.41) is 0. The molecule has 5 nitrogen and oxygen atoms in total. The number of halogens is 3. The normalized spacial score (nSPS) is 16.7. The highest BCUT2D eigenvalue weighted by molar-refractivity contribution is 14.1. The summed E-state index contributed by atoms with van der Waals surface area (Å²) in [4.78, 5) is 23.5. The van der Waals surface area contributed by atoms with Gasteiger partial charge in [0.25, 0.3) is 0 Å². The molecule has 2 rings (SSSR count). The third-order valence-corrected chi connectivity index (χ3v) is 8.45. The fourth-order valence-electron chi connectivity index (χ4n) is 1.88. The highest BCUT2D eigenvalue weighted by Gasteiger charge is 2.42. The van der Waals surface area contributed by atoms with E-state index in [1.54, 1.807) is 6.92 Å². The first kappa shape index (κ1) is 18.5. The van der Waals surface area contributed by atoms with E-state index in [0.29, 0.717) is 5.75 Å². The fourth-order valence-corrected chi connectivity index (χ4v) is 4.35. The van der Waals surface area contributed by atoms with Gasteiger partial charge in [-0.3, -0.25) is 4.79 Å². The molecule has 0 amide bonds. The molecule has 0 atom stereocenters. The zero-order valence-electron chi connectivity index (χ0n) is 12.1. The number of rotatable bonds is 2. The first-order valence-electron chi connectivity index (χ1n) is 6.33. The Morgan fingerprint density at radius 2 is 1.59 bits per heavy atom. The van der Waals surface area contributed by atoms with Crippen LogP contribution in [-0.4, -0.2) is 25.3 Å². The van der Waals surface area contributed by atoms with E-state index in [2.05, 4.69) is 67.8 Å². The van der Waals surface area contributed by atoms with Crippen molar-refractivity contribution in [1.82, 2.24) is 0 Å². The molecule has 0 aliphatic carbocycles. The molecule has 0 bridgehead atoms. The maximum absolute atomic E-state index is 12.5. The van der Waals surface area contributed by atoms with Crippen LogP contribution >= 0.6 is 67.8 Å². The van der Waals surface area contributed by atoms with Crippen molar-refractivity contribution < 1.29 is 23.8 Å². The van der Waals surface area contributed by atoms with Crippen molar-refractivity contribution in [2.24, 2.45) is 5.41 Å². The molecule has 1 heterocycles. The lowest BCUT2D eigenvalue weighted by Crippen LogP contribution is -2.45. The van der Waals surface area contributed by atoms with Gasteiger partial charge in [-0.1, -0.05) is 0 Å². The van der Waals surface area contributed by atoms with Gasteiger partial charge in [-0.05, 0) is 94.1 Å². The lowest BCUT2D eigenvalue weighted by atomic mass is 9.92. The smallest absolute Gasteiger partial charge is 0.433 e. The Balaban J connectivity index is 2.31. The molecular weight excluding hydrogens is 629 g/mol. The Morgan fingerprint density at radius 1 is 1.05 bits per heavy atom. The zero-order valence-corrected chi connectivity index (χ0v) is 18.6. The van der Waals surface area contributed by atoms with Crippen LogP contribution in [0.5, 0.6) is 5.75 Å². The molecule has 0 unspecified atom stereocenters. The van der Waals surface area contributed by atoms with E-state index in [9.17, 15) is 9.59 Å². The number of hydrogen-bond acceptors (Lipinski definition) is 5. The summed E-state index contributed by atoms with van der Waals surface area (Å²) in [5.74, 6) is 0.0968. The zero-order chi connectivity index (χ0) is 16.7. The standard InChI is InChI=1S/C14H13I3O5/c1-6-8(15)7(2)11(10(17)9(6)16)22-12(18)14(3)4-20-13(19)21-5-14/h4-5H2,1-3H3. The van der Waals surface area contributed by atoms with Crippen molar-refractivity contribution in [2.45, 2.75) is 20.8 Å². The van der Waals surface area contributed by atoms with Gasteiger partial charge in [-0.15, -0.1) is 0 Å². The Bertz CT molecular complexity index is 617. The Labute approximate surface area is 169 Å². The fraction of sp³-hybridized carbons (Fsp3) is 0.429. The van der Waals surface area contributed by atoms with Gasteiger partial charge in [0, 0.05) is 12.7 Å². The van der Waals surface area contributed by atoms with Crippen LogP contribution in [0, 0.1) is 30.0 Å². The van der Waals surface area contributed by atoms with E-state index in [1.807, 2.05) is 13.8 Å². The second-order valence-corrected chi connectivity index (χ2v) is 8.53. The van der Waals surface area contributed by atoms with E-state index in [-0.39, 0.29) is 13.2 Å². The van der Waals surface area contributed by atoms with Gasteiger partial charge in [0.05, 0.1) is 3.57 Å². The van der Waals surface area contributed by atoms with Crippen molar-refractivity contribution in [1.29, 1.82) is 0 Å². The minimum Gasteiger partial charge on any atom is -0.433 e. The van der Waals surface area contributed by atoms with Crippen LogP contribution < -0.4 is 4.74 Å². The Hall–Kier alpha value is 0.150. The molecule has 1 saturated heterocycles. The molecule has 120 valence electrons. The number of esters is 1. The maximum atomic E-state index is 12.5. The van der Waals surface area contributed by atoms with Crippen LogP contribution in [0.4, 0.5) is 4.79 Å². The molecule has 1 aromatic rings. The predicted octanol–water partition coefficient (Wildman–Crippen LogP) is 4.20. The number of carbonyl (C=O) groups is 2. The molecular formula is C14H13I3O5. The van der Waals surface area contributed by atoms with Crippen molar-refractivity contribution in [3.63, 3.8) is 0 Å². The minimum atomic E-state index is -0.995. The third-order valence-electron chi connectivity index (χ3n) is 3.43. The highest BCUT2D eigenvalue weighted by Crippen LogP contribution is 2.37. The van der Waals surface area contributed by atoms with E-state index in [4.69, 9.17) is 14.2 Å². The Morgan fingerprint density at radius 3 is 2.14 bits per heavy atom. The van der Waals surface area contributed by atoms with Crippen LogP contribution in [0.25, 0.3) is 0 Å². The van der Waals surface area contributed by atoms with Crippen molar-refractivity contribution >= 4 is 79.9 Å². The van der Waals surface area contributed by atoms with Crippen LogP contribution in [-0.2, 0) is 14.3 Å². The second-order valence-electron chi connectivity index (χ2n) is 5.30. The first-order valence-corrected chi connectivity index (χ1v) is 9.56. The first-order chi connectivity index (χ1) is 10.2. The van der Waals surface area contributed by atoms with E-state index in [0.717, 1.165) is 16.3 Å². The summed E-state index contributed by atoms with van der Waals surface area (Å²) in [7, 11) is 0. The predicted molar refractivity (Wildman–Crippen MR) is 105 cm³/mol. The van der Waals surface area contributed by atoms with Gasteiger partial charge < -0.3 is 14.2 Å². The molecule has 8 heteroatoms. The molecule has 1 aliphatic rings. The second kappa shape index (κ2) is 6.95. The maximum Gasteiger partial charge on any atom is 0.508 e. The molecule has 0 N–H and O–H groups in total. The van der Waals surface area contributed by atoms with Crippen LogP contribution in [0.2, 0.25) is 0 Å². The van der Waals surface area contributed by atoms with Gasteiger partial charge >= 0.3 is 12.1 Å². The summed E-state index contributed by atoms with van der Waals surface area (Å²) >= 11 is 6.68. The van der Waals surface area contributed by atoms with Crippen molar-refractivity contribution in [2.75, 3.05) is 13.2 Å². The minimum absolute atomic E-state index is 0.0413. The largest absolute Gasteiger partial charge is 0.508 e. The number of hydrogen-bond donors (Lipinski definition) is 0. The molecule has 0 saturated carbocycles. The third kappa shape index (κ3) is 3.47. The van der Waals surface area contributed by atoms with Gasteiger partial charge in [-0.25, -0.2) is 4.79 Å².